The second-order valence-corrected chi connectivity index (χ2v) is 7.57. The lowest BCUT2D eigenvalue weighted by Gasteiger charge is -2.31. The molecule has 0 bridgehead atoms. The average molecular weight is 186 g/mol. The lowest BCUT2D eigenvalue weighted by molar-refractivity contribution is 0.0104. The van der Waals surface area contributed by atoms with E-state index in [2.05, 4.69) is 20.0 Å². The fraction of sp³-hybridized carbons (Fsp3) is 1.00. The molecule has 1 saturated heterocycles. The van der Waals surface area contributed by atoms with Crippen molar-refractivity contribution < 1.29 is 4.74 Å². The highest BCUT2D eigenvalue weighted by Gasteiger charge is 2.25. The Bertz CT molecular complexity index is 119. The molecule has 0 aliphatic carbocycles. The molecule has 2 atom stereocenters. The molecular formula is C10H22OSi. The van der Waals surface area contributed by atoms with Crippen molar-refractivity contribution in [2.24, 2.45) is 0 Å². The van der Waals surface area contributed by atoms with Crippen molar-refractivity contribution in [1.29, 1.82) is 0 Å². The van der Waals surface area contributed by atoms with Crippen LogP contribution in [0.3, 0.4) is 0 Å². The van der Waals surface area contributed by atoms with Gasteiger partial charge in [0.25, 0.3) is 0 Å². The molecule has 0 spiro atoms. The monoisotopic (exact) mass is 186 g/mol. The largest absolute Gasteiger partial charge is 0.378 e. The van der Waals surface area contributed by atoms with Crippen LogP contribution in [0.1, 0.15) is 32.6 Å². The van der Waals surface area contributed by atoms with E-state index < -0.39 is 8.80 Å². The van der Waals surface area contributed by atoms with Crippen molar-refractivity contribution in [2.45, 2.75) is 57.3 Å². The summed E-state index contributed by atoms with van der Waals surface area (Å²) in [5, 5.41) is 0. The smallest absolute Gasteiger partial charge is 0.0577 e. The Morgan fingerprint density at radius 1 is 1.42 bits per heavy atom. The molecule has 1 aliphatic heterocycles. The van der Waals surface area contributed by atoms with Crippen molar-refractivity contribution >= 4 is 8.80 Å². The Morgan fingerprint density at radius 2 is 2.17 bits per heavy atom. The molecule has 2 heteroatoms. The summed E-state index contributed by atoms with van der Waals surface area (Å²) in [5.41, 5.74) is 0.922. The van der Waals surface area contributed by atoms with Gasteiger partial charge in [-0.05, 0) is 24.8 Å². The van der Waals surface area contributed by atoms with Crippen molar-refractivity contribution in [1.82, 2.24) is 0 Å². The summed E-state index contributed by atoms with van der Waals surface area (Å²) in [6.07, 6.45) is 5.95. The molecule has 72 valence electrons. The predicted molar refractivity (Wildman–Crippen MR) is 56.5 cm³/mol. The van der Waals surface area contributed by atoms with Gasteiger partial charge in [0.05, 0.1) is 6.10 Å². The highest BCUT2D eigenvalue weighted by Crippen LogP contribution is 2.29. The molecule has 0 saturated carbocycles. The SMILES string of the molecule is CCC(C1CCCCO1)[SiH](C)C. The van der Waals surface area contributed by atoms with Crippen molar-refractivity contribution in [3.8, 4) is 0 Å². The molecule has 12 heavy (non-hydrogen) atoms. The number of hydrogen-bond donors (Lipinski definition) is 0. The van der Waals surface area contributed by atoms with Crippen LogP contribution in [0.15, 0.2) is 0 Å². The quantitative estimate of drug-likeness (QED) is 0.616. The van der Waals surface area contributed by atoms with Gasteiger partial charge in [0, 0.05) is 15.4 Å². The van der Waals surface area contributed by atoms with Gasteiger partial charge in [-0.2, -0.15) is 0 Å². The molecule has 0 aromatic heterocycles. The van der Waals surface area contributed by atoms with Crippen molar-refractivity contribution in [3.63, 3.8) is 0 Å². The first-order valence-corrected chi connectivity index (χ1v) is 8.35. The van der Waals surface area contributed by atoms with Gasteiger partial charge < -0.3 is 4.74 Å². The predicted octanol–water partition coefficient (Wildman–Crippen LogP) is 2.82. The lowest BCUT2D eigenvalue weighted by atomic mass is 10.0. The molecule has 1 heterocycles. The third-order valence-corrected chi connectivity index (χ3v) is 5.63. The van der Waals surface area contributed by atoms with Crippen LogP contribution in [0.5, 0.6) is 0 Å². The Hall–Kier alpha value is 0.177. The number of hydrogen-bond acceptors (Lipinski definition) is 1. The Kier molecular flexibility index (Phi) is 4.30. The topological polar surface area (TPSA) is 9.23 Å². The maximum Gasteiger partial charge on any atom is 0.0577 e. The van der Waals surface area contributed by atoms with Crippen LogP contribution in [0.4, 0.5) is 0 Å². The molecule has 0 aromatic rings. The summed E-state index contributed by atoms with van der Waals surface area (Å²) in [5.74, 6) is 0. The Labute approximate surface area is 78.1 Å². The minimum atomic E-state index is -0.484. The normalized spacial score (nSPS) is 27.5. The molecular weight excluding hydrogens is 164 g/mol. The van der Waals surface area contributed by atoms with Gasteiger partial charge in [-0.3, -0.25) is 0 Å². The summed E-state index contributed by atoms with van der Waals surface area (Å²) >= 11 is 0. The first-order chi connectivity index (χ1) is 5.75. The Morgan fingerprint density at radius 3 is 2.58 bits per heavy atom. The number of rotatable bonds is 3. The molecule has 2 unspecified atom stereocenters. The van der Waals surface area contributed by atoms with Crippen LogP contribution >= 0.6 is 0 Å². The summed E-state index contributed by atoms with van der Waals surface area (Å²) in [6, 6.07) is 0. The molecule has 1 nitrogen and oxygen atoms in total. The van der Waals surface area contributed by atoms with E-state index in [9.17, 15) is 0 Å². The zero-order valence-electron chi connectivity index (χ0n) is 8.68. The van der Waals surface area contributed by atoms with Crippen molar-refractivity contribution in [3.05, 3.63) is 0 Å². The fourth-order valence-corrected chi connectivity index (χ4v) is 4.37. The first-order valence-electron chi connectivity index (χ1n) is 5.37. The molecule has 1 rings (SSSR count). The Balaban J connectivity index is 2.40. The van der Waals surface area contributed by atoms with Gasteiger partial charge in [0.2, 0.25) is 0 Å². The molecule has 0 aromatic carbocycles. The fourth-order valence-electron chi connectivity index (χ4n) is 2.27. The summed E-state index contributed by atoms with van der Waals surface area (Å²) in [4.78, 5) is 0. The van der Waals surface area contributed by atoms with E-state index in [1.807, 2.05) is 0 Å². The van der Waals surface area contributed by atoms with E-state index in [0.717, 1.165) is 12.1 Å². The molecule has 1 fully saturated rings. The van der Waals surface area contributed by atoms with Gasteiger partial charge in [-0.1, -0.05) is 26.4 Å². The molecule has 1 aliphatic rings. The van der Waals surface area contributed by atoms with Crippen LogP contribution in [-0.4, -0.2) is 21.5 Å². The van der Waals surface area contributed by atoms with Gasteiger partial charge >= 0.3 is 0 Å². The van der Waals surface area contributed by atoms with Crippen LogP contribution in [-0.2, 0) is 4.74 Å². The van der Waals surface area contributed by atoms with Gasteiger partial charge in [-0.15, -0.1) is 0 Å². The van der Waals surface area contributed by atoms with E-state index in [4.69, 9.17) is 4.74 Å². The summed E-state index contributed by atoms with van der Waals surface area (Å²) in [6.45, 7) is 8.23. The summed E-state index contributed by atoms with van der Waals surface area (Å²) < 4.78 is 5.83. The van der Waals surface area contributed by atoms with Crippen LogP contribution in [0.25, 0.3) is 0 Å². The van der Waals surface area contributed by atoms with E-state index >= 15 is 0 Å². The zero-order valence-corrected chi connectivity index (χ0v) is 9.83. The second-order valence-electron chi connectivity index (χ2n) is 4.22. The van der Waals surface area contributed by atoms with E-state index in [1.165, 1.54) is 25.7 Å². The molecule has 0 radical (unpaired) electrons. The maximum atomic E-state index is 5.83. The van der Waals surface area contributed by atoms with Gasteiger partial charge in [0.1, 0.15) is 0 Å². The summed E-state index contributed by atoms with van der Waals surface area (Å²) in [7, 11) is -0.484. The van der Waals surface area contributed by atoms with Crippen LogP contribution < -0.4 is 0 Å². The molecule has 0 N–H and O–H groups in total. The zero-order chi connectivity index (χ0) is 8.97. The van der Waals surface area contributed by atoms with E-state index in [1.54, 1.807) is 0 Å². The maximum absolute atomic E-state index is 5.83. The van der Waals surface area contributed by atoms with Gasteiger partial charge in [-0.25, -0.2) is 0 Å². The lowest BCUT2D eigenvalue weighted by Crippen LogP contribution is -2.30. The van der Waals surface area contributed by atoms with Crippen LogP contribution in [0.2, 0.25) is 18.6 Å². The highest BCUT2D eigenvalue weighted by atomic mass is 28.3. The van der Waals surface area contributed by atoms with E-state index in [-0.39, 0.29) is 0 Å². The van der Waals surface area contributed by atoms with Crippen molar-refractivity contribution in [2.75, 3.05) is 6.61 Å². The van der Waals surface area contributed by atoms with E-state index in [0.29, 0.717) is 6.10 Å². The van der Waals surface area contributed by atoms with Crippen LogP contribution in [0, 0.1) is 0 Å². The third-order valence-electron chi connectivity index (χ3n) is 3.02. The second kappa shape index (κ2) is 5.03. The standard InChI is InChI=1S/C10H22OSi/c1-4-10(12(2)3)9-7-5-6-8-11-9/h9-10,12H,4-8H2,1-3H3. The number of ether oxygens (including phenoxy) is 1. The molecule has 0 amide bonds. The van der Waals surface area contributed by atoms with Gasteiger partial charge in [0.15, 0.2) is 0 Å². The highest BCUT2D eigenvalue weighted by molar-refractivity contribution is 6.57. The average Bonchev–Trinajstić information content (AvgIpc) is 2.07. The third kappa shape index (κ3) is 2.59. The first kappa shape index (κ1) is 10.3. The minimum Gasteiger partial charge on any atom is -0.378 e. The minimum absolute atomic E-state index is 0.484.